The number of hydrogen-bond acceptors (Lipinski definition) is 10. The van der Waals surface area contributed by atoms with Crippen molar-refractivity contribution >= 4 is 11.9 Å². The largest absolute Gasteiger partial charge is 0.466 e. The maximum absolute atomic E-state index is 13.0. The number of esters is 1. The van der Waals surface area contributed by atoms with Crippen molar-refractivity contribution in [1.29, 1.82) is 0 Å². The van der Waals surface area contributed by atoms with Gasteiger partial charge < -0.3 is 45.1 Å². The molecule has 1 aliphatic heterocycles. The van der Waals surface area contributed by atoms with Crippen LogP contribution in [0.5, 0.6) is 0 Å². The predicted molar refractivity (Wildman–Crippen MR) is 352 cm³/mol. The van der Waals surface area contributed by atoms with Crippen molar-refractivity contribution in [2.75, 3.05) is 19.8 Å². The van der Waals surface area contributed by atoms with Crippen LogP contribution < -0.4 is 5.32 Å². The standard InChI is InChI=1S/C73H129NO10/c1-3-5-7-9-11-13-15-16-17-18-28-32-35-38-41-45-49-53-57-61-69(78)82-62-58-54-50-46-42-39-36-33-30-27-25-23-21-19-20-22-24-26-29-31-34-37-40-44-48-52-56-60-68(77)74-65(64-83-73-72(81)71(80)70(79)67(63-75)84-73)66(76)59-55-51-47-43-14-12-10-8-6-4-2/h6,8,11,13-14,16-17,19-20,23,25,43,55,59,65-67,70-73,75-76,79-81H,3-5,7,9-10,12,15,18,21-22,24,26-42,44-54,56-58,60-64H2,1-2H3,(H,74,77)/b8-6+,13-11-,17-16-,20-19-,25-23-,43-14+,59-55+. The molecule has 1 amide bonds. The maximum atomic E-state index is 13.0. The van der Waals surface area contributed by atoms with E-state index < -0.39 is 49.5 Å². The Morgan fingerprint density at radius 1 is 0.452 bits per heavy atom. The van der Waals surface area contributed by atoms with Crippen molar-refractivity contribution in [2.24, 2.45) is 0 Å². The van der Waals surface area contributed by atoms with Crippen molar-refractivity contribution in [2.45, 2.75) is 346 Å². The average Bonchev–Trinajstić information content (AvgIpc) is 3.54. The molecule has 84 heavy (non-hydrogen) atoms. The molecule has 11 heteroatoms. The fraction of sp³-hybridized carbons (Fsp3) is 0.781. The molecule has 7 atom stereocenters. The second-order valence-corrected chi connectivity index (χ2v) is 23.8. The van der Waals surface area contributed by atoms with E-state index in [4.69, 9.17) is 14.2 Å². The van der Waals surface area contributed by atoms with Crippen molar-refractivity contribution in [3.8, 4) is 0 Å². The third kappa shape index (κ3) is 49.9. The molecule has 0 saturated carbocycles. The first-order valence-electron chi connectivity index (χ1n) is 34.9. The van der Waals surface area contributed by atoms with Crippen LogP contribution in [0.3, 0.4) is 0 Å². The third-order valence-electron chi connectivity index (χ3n) is 15.9. The Bertz CT molecular complexity index is 1670. The molecule has 11 nitrogen and oxygen atoms in total. The van der Waals surface area contributed by atoms with E-state index in [1.54, 1.807) is 6.08 Å². The zero-order valence-electron chi connectivity index (χ0n) is 53.8. The van der Waals surface area contributed by atoms with E-state index in [0.29, 0.717) is 19.4 Å². The molecule has 1 saturated heterocycles. The number of aliphatic hydroxyl groups is 5. The van der Waals surface area contributed by atoms with E-state index in [2.05, 4.69) is 92.1 Å². The van der Waals surface area contributed by atoms with Gasteiger partial charge in [0.05, 0.1) is 32.0 Å². The lowest BCUT2D eigenvalue weighted by Crippen LogP contribution is -2.60. The van der Waals surface area contributed by atoms with E-state index in [9.17, 15) is 35.1 Å². The number of rotatable bonds is 60. The van der Waals surface area contributed by atoms with E-state index in [1.807, 2.05) is 6.08 Å². The lowest BCUT2D eigenvalue weighted by atomic mass is 9.99. The van der Waals surface area contributed by atoms with Gasteiger partial charge in [-0.05, 0) is 116 Å². The SMILES string of the molecule is CC/C=C/CC/C=C/CC/C=C/C(O)C(COC1OC(CO)C(O)C(O)C1O)NC(=O)CCCCCCCCCCCCC/C=C\C/C=C\CCCCCCCCCCCOC(=O)CCCCCCCCCCC/C=C\C/C=C\CCCCC. The van der Waals surface area contributed by atoms with Crippen LogP contribution in [0.25, 0.3) is 0 Å². The van der Waals surface area contributed by atoms with Gasteiger partial charge in [0.25, 0.3) is 0 Å². The predicted octanol–water partition coefficient (Wildman–Crippen LogP) is 17.7. The minimum Gasteiger partial charge on any atom is -0.466 e. The Balaban J connectivity index is 1.95. The zero-order chi connectivity index (χ0) is 60.9. The van der Waals surface area contributed by atoms with Gasteiger partial charge in [0.2, 0.25) is 5.91 Å². The molecule has 0 aromatic rings. The lowest BCUT2D eigenvalue weighted by molar-refractivity contribution is -0.302. The minimum atomic E-state index is -1.58. The summed E-state index contributed by atoms with van der Waals surface area (Å²) in [4.78, 5) is 25.1. The van der Waals surface area contributed by atoms with Gasteiger partial charge in [-0.3, -0.25) is 9.59 Å². The first kappa shape index (κ1) is 78.9. The molecule has 1 fully saturated rings. The summed E-state index contributed by atoms with van der Waals surface area (Å²) in [5.74, 6) is -0.207. The molecule has 1 rings (SSSR count). The normalized spacial score (nSPS) is 18.6. The highest BCUT2D eigenvalue weighted by atomic mass is 16.7. The molecule has 7 unspecified atom stereocenters. The number of ether oxygens (including phenoxy) is 3. The highest BCUT2D eigenvalue weighted by molar-refractivity contribution is 5.76. The summed E-state index contributed by atoms with van der Waals surface area (Å²) < 4.78 is 16.7. The van der Waals surface area contributed by atoms with Gasteiger partial charge in [0.1, 0.15) is 24.4 Å². The van der Waals surface area contributed by atoms with Crippen LogP contribution in [0.1, 0.15) is 303 Å². The van der Waals surface area contributed by atoms with E-state index in [0.717, 1.165) is 96.3 Å². The fourth-order valence-corrected chi connectivity index (χ4v) is 10.5. The smallest absolute Gasteiger partial charge is 0.305 e. The van der Waals surface area contributed by atoms with Crippen LogP contribution in [0.15, 0.2) is 85.1 Å². The number of aliphatic hydroxyl groups excluding tert-OH is 5. The van der Waals surface area contributed by atoms with Gasteiger partial charge in [0, 0.05) is 12.8 Å². The summed E-state index contributed by atoms with van der Waals surface area (Å²) in [6, 6.07) is -0.838. The highest BCUT2D eigenvalue weighted by Crippen LogP contribution is 2.23. The van der Waals surface area contributed by atoms with Crippen molar-refractivity contribution in [1.82, 2.24) is 5.32 Å². The molecular weight excluding hydrogens is 1050 g/mol. The van der Waals surface area contributed by atoms with Gasteiger partial charge >= 0.3 is 5.97 Å². The highest BCUT2D eigenvalue weighted by Gasteiger charge is 2.44. The van der Waals surface area contributed by atoms with E-state index in [-0.39, 0.29) is 18.5 Å². The number of carbonyl (C=O) groups excluding carboxylic acids is 2. The molecule has 0 radical (unpaired) electrons. The van der Waals surface area contributed by atoms with Gasteiger partial charge in [-0.2, -0.15) is 0 Å². The van der Waals surface area contributed by atoms with Crippen LogP contribution in [0.4, 0.5) is 0 Å². The topological polar surface area (TPSA) is 175 Å². The van der Waals surface area contributed by atoms with Crippen LogP contribution in [0.2, 0.25) is 0 Å². The van der Waals surface area contributed by atoms with Crippen molar-refractivity contribution < 1.29 is 49.3 Å². The second kappa shape index (κ2) is 61.5. The molecular formula is C73H129NO10. The van der Waals surface area contributed by atoms with Gasteiger partial charge in [-0.25, -0.2) is 0 Å². The summed E-state index contributed by atoms with van der Waals surface area (Å²) >= 11 is 0. The average molecular weight is 1180 g/mol. The third-order valence-corrected chi connectivity index (χ3v) is 15.9. The van der Waals surface area contributed by atoms with Crippen LogP contribution >= 0.6 is 0 Å². The quantitative estimate of drug-likeness (QED) is 0.0195. The summed E-state index contributed by atoms with van der Waals surface area (Å²) in [6.45, 7) is 4.17. The van der Waals surface area contributed by atoms with Gasteiger partial charge in [-0.15, -0.1) is 0 Å². The number of unbranched alkanes of at least 4 members (excludes halogenated alkanes) is 34. The molecule has 0 aliphatic carbocycles. The molecule has 0 spiro atoms. The molecule has 0 aromatic heterocycles. The Morgan fingerprint density at radius 3 is 1.30 bits per heavy atom. The maximum Gasteiger partial charge on any atom is 0.305 e. The van der Waals surface area contributed by atoms with E-state index >= 15 is 0 Å². The minimum absolute atomic E-state index is 0.00405. The summed E-state index contributed by atoms with van der Waals surface area (Å²) in [6.07, 6.45) is 74.4. The number of hydrogen-bond donors (Lipinski definition) is 6. The lowest BCUT2D eigenvalue weighted by Gasteiger charge is -2.40. The van der Waals surface area contributed by atoms with Crippen LogP contribution in [-0.2, 0) is 23.8 Å². The van der Waals surface area contributed by atoms with Crippen molar-refractivity contribution in [3.05, 3.63) is 85.1 Å². The summed E-state index contributed by atoms with van der Waals surface area (Å²) in [7, 11) is 0. The fourth-order valence-electron chi connectivity index (χ4n) is 10.5. The molecule has 1 heterocycles. The second-order valence-electron chi connectivity index (χ2n) is 23.8. The monoisotopic (exact) mass is 1180 g/mol. The molecule has 0 bridgehead atoms. The Morgan fingerprint density at radius 2 is 0.845 bits per heavy atom. The molecule has 486 valence electrons. The van der Waals surface area contributed by atoms with Gasteiger partial charge in [0.15, 0.2) is 6.29 Å². The Kier molecular flexibility index (Phi) is 57.7. The van der Waals surface area contributed by atoms with Crippen LogP contribution in [0, 0.1) is 0 Å². The van der Waals surface area contributed by atoms with E-state index in [1.165, 1.54) is 180 Å². The Hall–Kier alpha value is -3.16. The van der Waals surface area contributed by atoms with Crippen LogP contribution in [-0.4, -0.2) is 100 Å². The number of amides is 1. The zero-order valence-corrected chi connectivity index (χ0v) is 53.8. The number of nitrogens with one attached hydrogen (secondary N) is 1. The molecule has 0 aromatic carbocycles. The summed E-state index contributed by atoms with van der Waals surface area (Å²) in [5.41, 5.74) is 0. The number of allylic oxidation sites excluding steroid dienone is 13. The first-order valence-corrected chi connectivity index (χ1v) is 34.9. The first-order chi connectivity index (χ1) is 41.2. The Labute approximate surface area is 514 Å². The van der Waals surface area contributed by atoms with Gasteiger partial charge in [-0.1, -0.05) is 259 Å². The van der Waals surface area contributed by atoms with Crippen molar-refractivity contribution in [3.63, 3.8) is 0 Å². The molecule has 1 aliphatic rings. The summed E-state index contributed by atoms with van der Waals surface area (Å²) in [5, 5.41) is 54.3. The number of carbonyl (C=O) groups is 2. The molecule has 6 N–H and O–H groups in total.